The van der Waals surface area contributed by atoms with Gasteiger partial charge in [0.1, 0.15) is 10.8 Å². The van der Waals surface area contributed by atoms with Gasteiger partial charge in [0.2, 0.25) is 5.88 Å². The molecule has 0 aliphatic carbocycles. The molecule has 3 rings (SSSR count). The van der Waals surface area contributed by atoms with E-state index in [1.54, 1.807) is 13.2 Å². The smallest absolute Gasteiger partial charge is 0.252 e. The van der Waals surface area contributed by atoms with Crippen LogP contribution in [0.15, 0.2) is 36.5 Å². The van der Waals surface area contributed by atoms with E-state index in [1.165, 1.54) is 11.8 Å². The van der Waals surface area contributed by atoms with Crippen LogP contribution in [0.4, 0.5) is 0 Å². The first kappa shape index (κ1) is 21.4. The van der Waals surface area contributed by atoms with E-state index in [1.807, 2.05) is 26.0 Å². The van der Waals surface area contributed by atoms with Crippen molar-refractivity contribution in [1.82, 2.24) is 10.3 Å². The molecule has 7 heteroatoms. The molecule has 6 nitrogen and oxygen atoms in total. The maximum absolute atomic E-state index is 12.7. The van der Waals surface area contributed by atoms with Gasteiger partial charge in [0.25, 0.3) is 5.91 Å². The van der Waals surface area contributed by atoms with Crippen LogP contribution in [0.3, 0.4) is 0 Å². The number of methoxy groups -OCH3 is 1. The highest BCUT2D eigenvalue weighted by molar-refractivity contribution is 6.32. The van der Waals surface area contributed by atoms with Gasteiger partial charge in [0, 0.05) is 31.4 Å². The van der Waals surface area contributed by atoms with Crippen molar-refractivity contribution in [3.8, 4) is 11.6 Å². The van der Waals surface area contributed by atoms with Crippen molar-refractivity contribution in [2.45, 2.75) is 38.2 Å². The first-order valence-corrected chi connectivity index (χ1v) is 10.1. The number of nitrogens with zero attached hydrogens (tertiary/aromatic N) is 1. The first-order valence-electron chi connectivity index (χ1n) is 9.76. The van der Waals surface area contributed by atoms with Crippen LogP contribution in [-0.2, 0) is 10.2 Å². The third kappa shape index (κ3) is 5.19. The molecule has 1 aromatic carbocycles. The van der Waals surface area contributed by atoms with Crippen molar-refractivity contribution in [1.29, 1.82) is 0 Å². The summed E-state index contributed by atoms with van der Waals surface area (Å²) in [6.07, 6.45) is 3.11. The van der Waals surface area contributed by atoms with Crippen LogP contribution < -0.4 is 14.8 Å². The summed E-state index contributed by atoms with van der Waals surface area (Å²) < 4.78 is 16.4. The fourth-order valence-electron chi connectivity index (χ4n) is 3.49. The third-order valence-corrected chi connectivity index (χ3v) is 5.43. The quantitative estimate of drug-likeness (QED) is 0.735. The molecule has 0 atom stereocenters. The molecule has 2 aromatic rings. The van der Waals surface area contributed by atoms with E-state index in [2.05, 4.69) is 22.4 Å². The monoisotopic (exact) mass is 418 g/mol. The zero-order valence-electron chi connectivity index (χ0n) is 17.0. The molecule has 1 amide bonds. The van der Waals surface area contributed by atoms with Gasteiger partial charge in [-0.15, -0.1) is 0 Å². The summed E-state index contributed by atoms with van der Waals surface area (Å²) in [5.74, 6) is 0.927. The van der Waals surface area contributed by atoms with Crippen molar-refractivity contribution in [3.05, 3.63) is 52.7 Å². The summed E-state index contributed by atoms with van der Waals surface area (Å²) in [6.45, 7) is 5.62. The topological polar surface area (TPSA) is 69.7 Å². The molecule has 1 aromatic heterocycles. The molecular formula is C22H27ClN2O4. The number of halogens is 1. The molecule has 1 saturated heterocycles. The molecule has 29 heavy (non-hydrogen) atoms. The maximum Gasteiger partial charge on any atom is 0.252 e. The molecule has 0 spiro atoms. The molecule has 0 saturated carbocycles. The lowest BCUT2D eigenvalue weighted by Gasteiger charge is -2.38. The van der Waals surface area contributed by atoms with Crippen LogP contribution in [0.1, 0.15) is 42.6 Å². The van der Waals surface area contributed by atoms with Crippen molar-refractivity contribution in [2.24, 2.45) is 0 Å². The summed E-state index contributed by atoms with van der Waals surface area (Å²) in [6, 6.07) is 9.61. The van der Waals surface area contributed by atoms with Crippen molar-refractivity contribution >= 4 is 17.5 Å². The third-order valence-electron chi connectivity index (χ3n) is 5.16. The zero-order valence-corrected chi connectivity index (χ0v) is 17.8. The van der Waals surface area contributed by atoms with E-state index in [4.69, 9.17) is 25.8 Å². The average Bonchev–Trinajstić information content (AvgIpc) is 2.74. The standard InChI is InChI=1S/C22H27ClN2O4/c1-15(2)29-21-19(23)12-16(13-24-21)20(26)25-14-22(8-10-28-11-9-22)17-4-6-18(27-3)7-5-17/h4-7,12-13,15H,8-11,14H2,1-3H3,(H,25,26). The number of ether oxygens (including phenoxy) is 3. The van der Waals surface area contributed by atoms with Crippen LogP contribution in [-0.4, -0.2) is 43.9 Å². The van der Waals surface area contributed by atoms with E-state index < -0.39 is 0 Å². The first-order chi connectivity index (χ1) is 13.9. The Labute approximate surface area is 176 Å². The second-order valence-electron chi connectivity index (χ2n) is 7.48. The number of pyridine rings is 1. The molecule has 0 radical (unpaired) electrons. The highest BCUT2D eigenvalue weighted by atomic mass is 35.5. The lowest BCUT2D eigenvalue weighted by molar-refractivity contribution is 0.0487. The fraction of sp³-hybridized carbons (Fsp3) is 0.455. The molecule has 2 heterocycles. The molecule has 0 bridgehead atoms. The number of amides is 1. The van der Waals surface area contributed by atoms with E-state index in [0.29, 0.717) is 36.2 Å². The highest BCUT2D eigenvalue weighted by Gasteiger charge is 2.35. The minimum atomic E-state index is -0.213. The maximum atomic E-state index is 12.7. The van der Waals surface area contributed by atoms with Crippen molar-refractivity contribution < 1.29 is 19.0 Å². The van der Waals surface area contributed by atoms with E-state index in [0.717, 1.165) is 18.6 Å². The summed E-state index contributed by atoms with van der Waals surface area (Å²) in [5.41, 5.74) is 1.39. The van der Waals surface area contributed by atoms with Gasteiger partial charge in [-0.3, -0.25) is 4.79 Å². The van der Waals surface area contributed by atoms with E-state index in [-0.39, 0.29) is 17.4 Å². The number of hydrogen-bond acceptors (Lipinski definition) is 5. The van der Waals surface area contributed by atoms with Crippen molar-refractivity contribution in [2.75, 3.05) is 26.9 Å². The van der Waals surface area contributed by atoms with Gasteiger partial charge in [-0.05, 0) is 50.5 Å². The number of benzene rings is 1. The highest BCUT2D eigenvalue weighted by Crippen LogP contribution is 2.35. The normalized spacial score (nSPS) is 15.8. The van der Waals surface area contributed by atoms with Gasteiger partial charge in [0.05, 0.1) is 18.8 Å². The predicted molar refractivity (Wildman–Crippen MR) is 112 cm³/mol. The lowest BCUT2D eigenvalue weighted by Crippen LogP contribution is -2.44. The largest absolute Gasteiger partial charge is 0.497 e. The molecule has 156 valence electrons. The number of carbonyl (C=O) groups is 1. The van der Waals surface area contributed by atoms with Crippen LogP contribution in [0, 0.1) is 0 Å². The summed E-state index contributed by atoms with van der Waals surface area (Å²) in [7, 11) is 1.65. The Balaban J connectivity index is 1.73. The van der Waals surface area contributed by atoms with Gasteiger partial charge in [-0.2, -0.15) is 0 Å². The minimum absolute atomic E-state index is 0.0439. The molecule has 1 aliphatic heterocycles. The number of hydrogen-bond donors (Lipinski definition) is 1. The Bertz CT molecular complexity index is 833. The zero-order chi connectivity index (χ0) is 20.9. The van der Waals surface area contributed by atoms with Crippen LogP contribution in [0.25, 0.3) is 0 Å². The van der Waals surface area contributed by atoms with Crippen LogP contribution >= 0.6 is 11.6 Å². The lowest BCUT2D eigenvalue weighted by atomic mass is 9.74. The van der Waals surface area contributed by atoms with Gasteiger partial charge >= 0.3 is 0 Å². The summed E-state index contributed by atoms with van der Waals surface area (Å²) >= 11 is 6.22. The molecule has 1 fully saturated rings. The minimum Gasteiger partial charge on any atom is -0.497 e. The van der Waals surface area contributed by atoms with E-state index in [9.17, 15) is 4.79 Å². The molecule has 0 unspecified atom stereocenters. The summed E-state index contributed by atoms with van der Waals surface area (Å²) in [4.78, 5) is 16.9. The van der Waals surface area contributed by atoms with Crippen LogP contribution in [0.5, 0.6) is 11.6 Å². The Morgan fingerprint density at radius 3 is 2.55 bits per heavy atom. The second kappa shape index (κ2) is 9.46. The van der Waals surface area contributed by atoms with Crippen LogP contribution in [0.2, 0.25) is 5.02 Å². The summed E-state index contributed by atoms with van der Waals surface area (Å²) in [5, 5.41) is 3.38. The second-order valence-corrected chi connectivity index (χ2v) is 7.89. The average molecular weight is 419 g/mol. The number of aromatic nitrogens is 1. The SMILES string of the molecule is COc1ccc(C2(CNC(=O)c3cnc(OC(C)C)c(Cl)c3)CCOCC2)cc1. The number of carbonyl (C=O) groups excluding carboxylic acids is 1. The Morgan fingerprint density at radius 2 is 1.97 bits per heavy atom. The molecule has 1 N–H and O–H groups in total. The van der Waals surface area contributed by atoms with E-state index >= 15 is 0 Å². The number of nitrogens with one attached hydrogen (secondary N) is 1. The van der Waals surface area contributed by atoms with Gasteiger partial charge in [0.15, 0.2) is 0 Å². The molecular weight excluding hydrogens is 392 g/mol. The van der Waals surface area contributed by atoms with Gasteiger partial charge in [-0.25, -0.2) is 4.98 Å². The molecule has 1 aliphatic rings. The predicted octanol–water partition coefficient (Wildman–Crippen LogP) is 4.01. The van der Waals surface area contributed by atoms with Gasteiger partial charge in [-0.1, -0.05) is 23.7 Å². The Hall–Kier alpha value is -2.31. The van der Waals surface area contributed by atoms with Gasteiger partial charge < -0.3 is 19.5 Å². The fourth-order valence-corrected chi connectivity index (χ4v) is 3.70. The Morgan fingerprint density at radius 1 is 1.28 bits per heavy atom. The van der Waals surface area contributed by atoms with Crippen molar-refractivity contribution in [3.63, 3.8) is 0 Å². The number of rotatable bonds is 7. The Kier molecular flexibility index (Phi) is 6.98.